The molecule has 1 aromatic heterocycles. The molecule has 3 rings (SSSR count). The lowest BCUT2D eigenvalue weighted by Gasteiger charge is -2.50. The van der Waals surface area contributed by atoms with Crippen molar-refractivity contribution in [1.82, 2.24) is 14.8 Å². The number of hydrogen-bond acceptors (Lipinski definition) is 5. The van der Waals surface area contributed by atoms with Gasteiger partial charge in [-0.25, -0.2) is 13.2 Å². The van der Waals surface area contributed by atoms with Gasteiger partial charge in [0.15, 0.2) is 9.84 Å². The monoisotopic (exact) mass is 353 g/mol. The van der Waals surface area contributed by atoms with E-state index < -0.39 is 14.6 Å². The first-order valence-electron chi connectivity index (χ1n) is 8.02. The van der Waals surface area contributed by atoms with Gasteiger partial charge in [0.25, 0.3) is 0 Å². The highest BCUT2D eigenvalue weighted by Crippen LogP contribution is 2.45. The van der Waals surface area contributed by atoms with Crippen LogP contribution in [0.1, 0.15) is 12.1 Å². The zero-order chi connectivity index (χ0) is 17.4. The Morgan fingerprint density at radius 1 is 1.42 bits per heavy atom. The highest BCUT2D eigenvalue weighted by Gasteiger charge is 2.62. The Kier molecular flexibility index (Phi) is 4.52. The fourth-order valence-electron chi connectivity index (χ4n) is 3.51. The molecule has 2 amide bonds. The van der Waals surface area contributed by atoms with Gasteiger partial charge in [0.2, 0.25) is 0 Å². The SMILES string of the molecule is CN(C)C(=O)N1CC2(C1)C(COCc1ccccn1)CCS2(=O)=O. The number of ether oxygens (including phenoxy) is 1. The van der Waals surface area contributed by atoms with Crippen molar-refractivity contribution < 1.29 is 17.9 Å². The van der Waals surface area contributed by atoms with Gasteiger partial charge in [-0.05, 0) is 18.6 Å². The molecule has 2 saturated heterocycles. The first-order valence-corrected chi connectivity index (χ1v) is 9.67. The molecule has 3 heterocycles. The van der Waals surface area contributed by atoms with Gasteiger partial charge >= 0.3 is 6.03 Å². The lowest BCUT2D eigenvalue weighted by atomic mass is 9.84. The average Bonchev–Trinajstić information content (AvgIpc) is 2.77. The summed E-state index contributed by atoms with van der Waals surface area (Å²) in [4.78, 5) is 19.3. The van der Waals surface area contributed by atoms with E-state index in [2.05, 4.69) is 4.98 Å². The molecule has 24 heavy (non-hydrogen) atoms. The third-order valence-electron chi connectivity index (χ3n) is 4.96. The molecule has 0 N–H and O–H groups in total. The van der Waals surface area contributed by atoms with Crippen LogP contribution < -0.4 is 0 Å². The summed E-state index contributed by atoms with van der Waals surface area (Å²) in [5.41, 5.74) is 0.824. The Balaban J connectivity index is 1.62. The van der Waals surface area contributed by atoms with Gasteiger partial charge in [-0.15, -0.1) is 0 Å². The maximum atomic E-state index is 12.5. The highest BCUT2D eigenvalue weighted by atomic mass is 32.2. The van der Waals surface area contributed by atoms with Gasteiger partial charge < -0.3 is 14.5 Å². The van der Waals surface area contributed by atoms with Crippen molar-refractivity contribution >= 4 is 15.9 Å². The summed E-state index contributed by atoms with van der Waals surface area (Å²) in [5.74, 6) is 0.103. The number of carbonyl (C=O) groups is 1. The molecule has 1 spiro atoms. The molecule has 8 heteroatoms. The number of nitrogens with zero attached hydrogens (tertiary/aromatic N) is 3. The van der Waals surface area contributed by atoms with Crippen LogP contribution in [0.2, 0.25) is 0 Å². The number of aromatic nitrogens is 1. The minimum Gasteiger partial charge on any atom is -0.375 e. The molecule has 0 aliphatic carbocycles. The quantitative estimate of drug-likeness (QED) is 0.799. The Labute approximate surface area is 142 Å². The maximum absolute atomic E-state index is 12.5. The zero-order valence-corrected chi connectivity index (χ0v) is 14.8. The van der Waals surface area contributed by atoms with Crippen molar-refractivity contribution in [1.29, 1.82) is 0 Å². The Bertz CT molecular complexity index is 699. The zero-order valence-electron chi connectivity index (χ0n) is 14.0. The largest absolute Gasteiger partial charge is 0.375 e. The average molecular weight is 353 g/mol. The Hall–Kier alpha value is -1.67. The summed E-state index contributed by atoms with van der Waals surface area (Å²) in [6.07, 6.45) is 2.30. The van der Waals surface area contributed by atoms with Crippen molar-refractivity contribution in [3.05, 3.63) is 30.1 Å². The van der Waals surface area contributed by atoms with Gasteiger partial charge in [0.05, 0.1) is 24.7 Å². The molecule has 0 bridgehead atoms. The van der Waals surface area contributed by atoms with Gasteiger partial charge in [-0.2, -0.15) is 0 Å². The molecule has 7 nitrogen and oxygen atoms in total. The van der Waals surface area contributed by atoms with Crippen molar-refractivity contribution in [3.8, 4) is 0 Å². The number of likely N-dealkylation sites (tertiary alicyclic amines) is 1. The molecule has 132 valence electrons. The second-order valence-corrected chi connectivity index (χ2v) is 9.19. The molecule has 1 atom stereocenters. The van der Waals surface area contributed by atoms with Crippen LogP contribution in [0.4, 0.5) is 4.79 Å². The molecular formula is C16H23N3O4S. The van der Waals surface area contributed by atoms with E-state index in [1.807, 2.05) is 18.2 Å². The van der Waals surface area contributed by atoms with Gasteiger partial charge in [-0.3, -0.25) is 4.98 Å². The smallest absolute Gasteiger partial charge is 0.319 e. The highest BCUT2D eigenvalue weighted by molar-refractivity contribution is 7.93. The molecular weight excluding hydrogens is 330 g/mol. The fourth-order valence-corrected chi connectivity index (χ4v) is 5.92. The van der Waals surface area contributed by atoms with E-state index in [1.165, 1.54) is 4.90 Å². The van der Waals surface area contributed by atoms with Crippen LogP contribution in [0.25, 0.3) is 0 Å². The number of amides is 2. The topological polar surface area (TPSA) is 79.8 Å². The third-order valence-corrected chi connectivity index (χ3v) is 7.57. The van der Waals surface area contributed by atoms with Crippen molar-refractivity contribution in [2.24, 2.45) is 5.92 Å². The van der Waals surface area contributed by atoms with E-state index >= 15 is 0 Å². The standard InChI is InChI=1S/C16H23N3O4S/c1-18(2)15(20)19-11-16(12-19)13(6-8-24(16,21)22)9-23-10-14-5-3-4-7-17-14/h3-5,7,13H,6,8-12H2,1-2H3. The van der Waals surface area contributed by atoms with Crippen LogP contribution >= 0.6 is 0 Å². The number of sulfone groups is 1. The summed E-state index contributed by atoms with van der Waals surface area (Å²) in [6.45, 7) is 1.28. The molecule has 2 fully saturated rings. The minimum atomic E-state index is -3.19. The maximum Gasteiger partial charge on any atom is 0.319 e. The predicted octanol–water partition coefficient (Wildman–Crippen LogP) is 0.769. The van der Waals surface area contributed by atoms with Crippen molar-refractivity contribution in [2.45, 2.75) is 17.8 Å². The van der Waals surface area contributed by atoms with Crippen LogP contribution in [0.5, 0.6) is 0 Å². The summed E-state index contributed by atoms with van der Waals surface area (Å²) < 4.78 is 30.0. The lowest BCUT2D eigenvalue weighted by molar-refractivity contribution is 0.0313. The number of rotatable bonds is 4. The van der Waals surface area contributed by atoms with Gasteiger partial charge in [0.1, 0.15) is 4.75 Å². The summed E-state index contributed by atoms with van der Waals surface area (Å²) >= 11 is 0. The lowest BCUT2D eigenvalue weighted by Crippen LogP contribution is -2.69. The van der Waals surface area contributed by atoms with Crippen LogP contribution in [-0.4, -0.2) is 73.5 Å². The van der Waals surface area contributed by atoms with E-state index in [0.717, 1.165) is 5.69 Å². The summed E-state index contributed by atoms with van der Waals surface area (Å²) in [5, 5.41) is 0. The Morgan fingerprint density at radius 3 is 2.79 bits per heavy atom. The van der Waals surface area contributed by atoms with Gasteiger partial charge in [-0.1, -0.05) is 6.07 Å². The first kappa shape index (κ1) is 17.2. The molecule has 1 aromatic rings. The molecule has 0 aromatic carbocycles. The summed E-state index contributed by atoms with van der Waals surface area (Å²) in [6, 6.07) is 5.47. The third kappa shape index (κ3) is 2.88. The first-order chi connectivity index (χ1) is 11.4. The second kappa shape index (κ2) is 6.33. The fraction of sp³-hybridized carbons (Fsp3) is 0.625. The number of carbonyl (C=O) groups excluding carboxylic acids is 1. The van der Waals surface area contributed by atoms with Gasteiger partial charge in [0, 0.05) is 39.3 Å². The van der Waals surface area contributed by atoms with Crippen LogP contribution in [0, 0.1) is 5.92 Å². The van der Waals surface area contributed by atoms with E-state index in [1.54, 1.807) is 25.2 Å². The number of hydrogen-bond donors (Lipinski definition) is 0. The number of urea groups is 1. The summed E-state index contributed by atoms with van der Waals surface area (Å²) in [7, 11) is 0.147. The van der Waals surface area contributed by atoms with Crippen LogP contribution in [-0.2, 0) is 21.2 Å². The van der Waals surface area contributed by atoms with E-state index in [0.29, 0.717) is 19.6 Å². The van der Waals surface area contributed by atoms with E-state index in [9.17, 15) is 13.2 Å². The minimum absolute atomic E-state index is 0.0718. The Morgan fingerprint density at radius 2 is 2.17 bits per heavy atom. The van der Waals surface area contributed by atoms with E-state index in [-0.39, 0.29) is 30.8 Å². The normalized spacial score (nSPS) is 23.9. The molecule has 2 aliphatic heterocycles. The van der Waals surface area contributed by atoms with E-state index in [4.69, 9.17) is 4.74 Å². The molecule has 0 saturated carbocycles. The number of pyridine rings is 1. The second-order valence-electron chi connectivity index (χ2n) is 6.74. The predicted molar refractivity (Wildman–Crippen MR) is 89.2 cm³/mol. The van der Waals surface area contributed by atoms with Crippen LogP contribution in [0.3, 0.4) is 0 Å². The molecule has 1 unspecified atom stereocenters. The van der Waals surface area contributed by atoms with Crippen LogP contribution in [0.15, 0.2) is 24.4 Å². The molecule has 2 aliphatic rings. The van der Waals surface area contributed by atoms with Crippen molar-refractivity contribution in [2.75, 3.05) is 39.5 Å². The molecule has 0 radical (unpaired) electrons. The van der Waals surface area contributed by atoms with Crippen molar-refractivity contribution in [3.63, 3.8) is 0 Å².